The van der Waals surface area contributed by atoms with E-state index in [0.29, 0.717) is 23.9 Å². The van der Waals surface area contributed by atoms with Gasteiger partial charge in [-0.3, -0.25) is 19.1 Å². The van der Waals surface area contributed by atoms with Gasteiger partial charge in [-0.15, -0.1) is 0 Å². The number of aryl methyl sites for hydroxylation is 1. The molecule has 1 amide bonds. The van der Waals surface area contributed by atoms with E-state index in [1.165, 1.54) is 16.5 Å². The summed E-state index contributed by atoms with van der Waals surface area (Å²) in [7, 11) is 0. The average Bonchev–Trinajstić information content (AvgIpc) is 2.80. The van der Waals surface area contributed by atoms with Gasteiger partial charge in [0.1, 0.15) is 0 Å². The lowest BCUT2D eigenvalue weighted by Gasteiger charge is -2.34. The summed E-state index contributed by atoms with van der Waals surface area (Å²) in [6.45, 7) is 4.42. The molecule has 1 fully saturated rings. The van der Waals surface area contributed by atoms with Gasteiger partial charge in [0.25, 0.3) is 5.56 Å². The zero-order valence-electron chi connectivity index (χ0n) is 17.0. The molecule has 1 aromatic heterocycles. The normalized spacial score (nSPS) is 15.1. The Morgan fingerprint density at radius 3 is 2.50 bits per heavy atom. The van der Waals surface area contributed by atoms with Crippen LogP contribution in [-0.4, -0.2) is 58.0 Å². The Bertz CT molecular complexity index is 1080. The van der Waals surface area contributed by atoms with Crippen LogP contribution >= 0.6 is 0 Å². The van der Waals surface area contributed by atoms with E-state index < -0.39 is 0 Å². The molecule has 2 aromatic carbocycles. The lowest BCUT2D eigenvalue weighted by molar-refractivity contribution is -0.133. The number of hydrogen-bond acceptors (Lipinski definition) is 4. The number of para-hydroxylation sites is 1. The van der Waals surface area contributed by atoms with Crippen LogP contribution in [0.15, 0.2) is 71.8 Å². The molecule has 1 saturated heterocycles. The molecular formula is C24H26N4O2. The molecule has 0 radical (unpaired) electrons. The molecular weight excluding hydrogens is 376 g/mol. The first-order valence-electron chi connectivity index (χ1n) is 10.4. The second kappa shape index (κ2) is 9.50. The number of piperazine rings is 1. The fourth-order valence-electron chi connectivity index (χ4n) is 3.72. The maximum Gasteiger partial charge on any atom is 0.261 e. The number of rotatable bonds is 6. The highest BCUT2D eigenvalue weighted by Crippen LogP contribution is 2.08. The van der Waals surface area contributed by atoms with E-state index in [-0.39, 0.29) is 11.5 Å². The third-order valence-corrected chi connectivity index (χ3v) is 5.50. The van der Waals surface area contributed by atoms with Crippen LogP contribution in [-0.2, 0) is 11.3 Å². The number of fused-ring (bicyclic) bond motifs is 1. The topological polar surface area (TPSA) is 58.4 Å². The Morgan fingerprint density at radius 1 is 0.967 bits per heavy atom. The molecule has 3 aromatic rings. The molecule has 0 bridgehead atoms. The summed E-state index contributed by atoms with van der Waals surface area (Å²) in [5.74, 6) is 0.0922. The third-order valence-electron chi connectivity index (χ3n) is 5.50. The molecule has 2 heterocycles. The number of aromatic nitrogens is 2. The number of hydrogen-bond donors (Lipinski definition) is 0. The van der Waals surface area contributed by atoms with Crippen molar-refractivity contribution >= 4 is 22.9 Å². The van der Waals surface area contributed by atoms with Crippen molar-refractivity contribution in [2.45, 2.75) is 13.0 Å². The minimum atomic E-state index is -0.0941. The van der Waals surface area contributed by atoms with Crippen molar-refractivity contribution in [2.24, 2.45) is 0 Å². The van der Waals surface area contributed by atoms with Crippen LogP contribution in [0.5, 0.6) is 0 Å². The smallest absolute Gasteiger partial charge is 0.261 e. The molecule has 0 unspecified atom stereocenters. The minimum absolute atomic E-state index is 0.0922. The van der Waals surface area contributed by atoms with Crippen LogP contribution < -0.4 is 5.56 Å². The lowest BCUT2D eigenvalue weighted by Crippen LogP contribution is -2.48. The molecule has 6 heteroatoms. The van der Waals surface area contributed by atoms with Crippen LogP contribution in [0, 0.1) is 0 Å². The molecule has 1 aliphatic heterocycles. The molecule has 154 valence electrons. The number of benzene rings is 2. The second-order valence-electron chi connectivity index (χ2n) is 7.50. The predicted octanol–water partition coefficient (Wildman–Crippen LogP) is 2.64. The molecule has 0 atom stereocenters. The van der Waals surface area contributed by atoms with Crippen LogP contribution in [0.25, 0.3) is 17.0 Å². The van der Waals surface area contributed by atoms with Crippen LogP contribution in [0.3, 0.4) is 0 Å². The highest BCUT2D eigenvalue weighted by atomic mass is 16.2. The van der Waals surface area contributed by atoms with E-state index in [1.54, 1.807) is 6.07 Å². The van der Waals surface area contributed by atoms with Crippen molar-refractivity contribution in [1.82, 2.24) is 19.4 Å². The summed E-state index contributed by atoms with van der Waals surface area (Å²) in [6, 6.07) is 17.5. The molecule has 6 nitrogen and oxygen atoms in total. The Kier molecular flexibility index (Phi) is 6.35. The van der Waals surface area contributed by atoms with E-state index in [9.17, 15) is 9.59 Å². The van der Waals surface area contributed by atoms with Crippen LogP contribution in [0.2, 0.25) is 0 Å². The highest BCUT2D eigenvalue weighted by molar-refractivity contribution is 5.77. The summed E-state index contributed by atoms with van der Waals surface area (Å²) >= 11 is 0. The van der Waals surface area contributed by atoms with E-state index >= 15 is 0 Å². The summed E-state index contributed by atoms with van der Waals surface area (Å²) in [6.07, 6.45) is 6.15. The zero-order chi connectivity index (χ0) is 20.8. The summed E-state index contributed by atoms with van der Waals surface area (Å²) in [5.41, 5.74) is 1.79. The molecule has 0 aliphatic carbocycles. The largest absolute Gasteiger partial charge is 0.340 e. The number of carbonyl (C=O) groups excluding carboxylic acids is 1. The molecule has 0 spiro atoms. The van der Waals surface area contributed by atoms with Crippen molar-refractivity contribution in [3.8, 4) is 0 Å². The fourth-order valence-corrected chi connectivity index (χ4v) is 3.72. The average molecular weight is 402 g/mol. The molecule has 0 saturated carbocycles. The van der Waals surface area contributed by atoms with Gasteiger partial charge in [0.2, 0.25) is 5.91 Å². The first-order valence-corrected chi connectivity index (χ1v) is 10.4. The van der Waals surface area contributed by atoms with Crippen LogP contribution in [0.4, 0.5) is 0 Å². The van der Waals surface area contributed by atoms with E-state index in [0.717, 1.165) is 32.7 Å². The number of nitrogens with zero attached hydrogens (tertiary/aromatic N) is 4. The molecule has 1 aliphatic rings. The van der Waals surface area contributed by atoms with Crippen molar-refractivity contribution in [2.75, 3.05) is 32.7 Å². The van der Waals surface area contributed by atoms with Crippen molar-refractivity contribution in [3.63, 3.8) is 0 Å². The first kappa shape index (κ1) is 20.0. The lowest BCUT2D eigenvalue weighted by atomic mass is 10.2. The maximum atomic E-state index is 12.6. The first-order chi connectivity index (χ1) is 14.7. The third kappa shape index (κ3) is 4.83. The van der Waals surface area contributed by atoms with E-state index in [2.05, 4.69) is 34.2 Å². The minimum Gasteiger partial charge on any atom is -0.340 e. The van der Waals surface area contributed by atoms with Gasteiger partial charge in [-0.25, -0.2) is 4.98 Å². The summed E-state index contributed by atoms with van der Waals surface area (Å²) < 4.78 is 1.53. The van der Waals surface area contributed by atoms with Gasteiger partial charge in [0.15, 0.2) is 0 Å². The summed E-state index contributed by atoms with van der Waals surface area (Å²) in [5, 5.41) is 0.588. The fraction of sp³-hybridized carbons (Fsp3) is 0.292. The van der Waals surface area contributed by atoms with Gasteiger partial charge in [-0.05, 0) is 17.7 Å². The van der Waals surface area contributed by atoms with Gasteiger partial charge < -0.3 is 4.90 Å². The maximum absolute atomic E-state index is 12.6. The highest BCUT2D eigenvalue weighted by Gasteiger charge is 2.20. The Labute approximate surface area is 176 Å². The Balaban J connectivity index is 1.25. The monoisotopic (exact) mass is 402 g/mol. The van der Waals surface area contributed by atoms with E-state index in [4.69, 9.17) is 0 Å². The van der Waals surface area contributed by atoms with Gasteiger partial charge >= 0.3 is 0 Å². The molecule has 0 N–H and O–H groups in total. The zero-order valence-corrected chi connectivity index (χ0v) is 17.0. The second-order valence-corrected chi connectivity index (χ2v) is 7.50. The molecule has 4 rings (SSSR count). The predicted molar refractivity (Wildman–Crippen MR) is 119 cm³/mol. The standard InChI is InChI=1S/C24H26N4O2/c29-23(12-14-28-19-25-22-11-5-4-10-21(22)24(28)30)27-17-15-26(16-18-27)13-6-9-20-7-2-1-3-8-20/h1-11,19H,12-18H2. The van der Waals surface area contributed by atoms with Gasteiger partial charge in [0, 0.05) is 45.7 Å². The van der Waals surface area contributed by atoms with Crippen molar-refractivity contribution < 1.29 is 4.79 Å². The quantitative estimate of drug-likeness (QED) is 0.636. The summed E-state index contributed by atoms with van der Waals surface area (Å²) in [4.78, 5) is 33.7. The van der Waals surface area contributed by atoms with Crippen LogP contribution in [0.1, 0.15) is 12.0 Å². The Morgan fingerprint density at radius 2 is 1.70 bits per heavy atom. The van der Waals surface area contributed by atoms with Gasteiger partial charge in [0.05, 0.1) is 17.2 Å². The van der Waals surface area contributed by atoms with Crippen molar-refractivity contribution in [1.29, 1.82) is 0 Å². The SMILES string of the molecule is O=C(CCn1cnc2ccccc2c1=O)N1CCN(CC=Cc2ccccc2)CC1. The number of carbonyl (C=O) groups is 1. The number of amides is 1. The van der Waals surface area contributed by atoms with Crippen molar-refractivity contribution in [3.05, 3.63) is 82.9 Å². The van der Waals surface area contributed by atoms with Gasteiger partial charge in [-0.1, -0.05) is 54.6 Å². The van der Waals surface area contributed by atoms with Gasteiger partial charge in [-0.2, -0.15) is 0 Å². The molecule has 30 heavy (non-hydrogen) atoms. The van der Waals surface area contributed by atoms with E-state index in [1.807, 2.05) is 41.3 Å². The Hall–Kier alpha value is -3.25.